The first-order chi connectivity index (χ1) is 6.34. The maximum absolute atomic E-state index is 5.55. The molecule has 0 atom stereocenters. The van der Waals surface area contributed by atoms with Gasteiger partial charge in [-0.15, -0.1) is 0 Å². The lowest BCUT2D eigenvalue weighted by Crippen LogP contribution is -2.19. The van der Waals surface area contributed by atoms with Gasteiger partial charge in [-0.25, -0.2) is 4.98 Å². The highest BCUT2D eigenvalue weighted by atomic mass is 127. The smallest absolute Gasteiger partial charge is 0.213 e. The average molecular weight is 289 g/mol. The summed E-state index contributed by atoms with van der Waals surface area (Å²) in [4.78, 5) is 4.18. The quantitative estimate of drug-likeness (QED) is 0.798. The molecule has 0 spiro atoms. The molecule has 0 saturated heterocycles. The first-order valence-electron chi connectivity index (χ1n) is 4.59. The second-order valence-electron chi connectivity index (χ2n) is 3.42. The molecule has 0 N–H and O–H groups in total. The van der Waals surface area contributed by atoms with Gasteiger partial charge in [0.05, 0.1) is 6.61 Å². The Kier molecular flexibility index (Phi) is 3.03. The first-order valence-corrected chi connectivity index (χ1v) is 5.67. The molecule has 1 aliphatic carbocycles. The summed E-state index contributed by atoms with van der Waals surface area (Å²) in [5, 5.41) is 0. The van der Waals surface area contributed by atoms with Crippen LogP contribution in [-0.2, 0) is 0 Å². The van der Waals surface area contributed by atoms with Crippen LogP contribution >= 0.6 is 22.6 Å². The van der Waals surface area contributed by atoms with Crippen molar-refractivity contribution in [2.75, 3.05) is 6.61 Å². The number of aromatic nitrogens is 1. The van der Waals surface area contributed by atoms with Gasteiger partial charge in [0, 0.05) is 15.8 Å². The van der Waals surface area contributed by atoms with Gasteiger partial charge in [-0.1, -0.05) is 6.42 Å². The highest BCUT2D eigenvalue weighted by molar-refractivity contribution is 14.1. The fraction of sp³-hybridized carbons (Fsp3) is 0.500. The summed E-state index contributed by atoms with van der Waals surface area (Å²) < 4.78 is 6.70. The molecule has 0 bridgehead atoms. The molecule has 0 amide bonds. The molecule has 1 aromatic rings. The zero-order valence-corrected chi connectivity index (χ0v) is 9.53. The van der Waals surface area contributed by atoms with Gasteiger partial charge < -0.3 is 4.74 Å². The van der Waals surface area contributed by atoms with Crippen LogP contribution in [0.25, 0.3) is 0 Å². The number of halogens is 1. The number of nitrogens with zero attached hydrogens (tertiary/aromatic N) is 1. The lowest BCUT2D eigenvalue weighted by Gasteiger charge is -2.24. The maximum Gasteiger partial charge on any atom is 0.213 e. The van der Waals surface area contributed by atoms with E-state index in [1.165, 1.54) is 19.3 Å². The van der Waals surface area contributed by atoms with Crippen LogP contribution < -0.4 is 4.74 Å². The average Bonchev–Trinajstić information content (AvgIpc) is 2.05. The van der Waals surface area contributed by atoms with Crippen LogP contribution in [0.3, 0.4) is 0 Å². The van der Waals surface area contributed by atoms with Gasteiger partial charge in [0.2, 0.25) is 5.88 Å². The molecule has 0 aromatic carbocycles. The van der Waals surface area contributed by atoms with Gasteiger partial charge in [0.15, 0.2) is 0 Å². The van der Waals surface area contributed by atoms with Gasteiger partial charge in [-0.3, -0.25) is 0 Å². The molecule has 70 valence electrons. The summed E-state index contributed by atoms with van der Waals surface area (Å²) in [5.74, 6) is 1.54. The standard InChI is InChI=1S/C10H12INO/c11-9-4-5-10(12-6-9)13-7-8-2-1-3-8/h4-6,8H,1-3,7H2. The van der Waals surface area contributed by atoms with E-state index in [4.69, 9.17) is 4.74 Å². The van der Waals surface area contributed by atoms with Crippen LogP contribution in [0.4, 0.5) is 0 Å². The zero-order chi connectivity index (χ0) is 9.10. The third-order valence-corrected chi connectivity index (χ3v) is 3.03. The van der Waals surface area contributed by atoms with Crippen LogP contribution in [0.2, 0.25) is 0 Å². The highest BCUT2D eigenvalue weighted by Gasteiger charge is 2.17. The molecule has 0 radical (unpaired) electrons. The molecule has 2 nitrogen and oxygen atoms in total. The van der Waals surface area contributed by atoms with Gasteiger partial charge >= 0.3 is 0 Å². The van der Waals surface area contributed by atoms with E-state index in [-0.39, 0.29) is 0 Å². The minimum absolute atomic E-state index is 0.757. The first kappa shape index (κ1) is 9.24. The summed E-state index contributed by atoms with van der Waals surface area (Å²) in [6.45, 7) is 0.841. The predicted molar refractivity (Wildman–Crippen MR) is 59.8 cm³/mol. The fourth-order valence-electron chi connectivity index (χ4n) is 1.31. The Balaban J connectivity index is 1.83. The van der Waals surface area contributed by atoms with Gasteiger partial charge in [-0.05, 0) is 47.4 Å². The topological polar surface area (TPSA) is 22.1 Å². The van der Waals surface area contributed by atoms with E-state index in [0.29, 0.717) is 0 Å². The Morgan fingerprint density at radius 1 is 1.46 bits per heavy atom. The molecule has 1 aromatic heterocycles. The molecular formula is C10H12INO. The Bertz CT molecular complexity index is 269. The molecule has 13 heavy (non-hydrogen) atoms. The molecule has 1 heterocycles. The van der Waals surface area contributed by atoms with Crippen molar-refractivity contribution in [1.82, 2.24) is 4.98 Å². The van der Waals surface area contributed by atoms with Crippen molar-refractivity contribution in [3.8, 4) is 5.88 Å². The predicted octanol–water partition coefficient (Wildman–Crippen LogP) is 2.87. The summed E-state index contributed by atoms with van der Waals surface area (Å²) in [7, 11) is 0. The third-order valence-electron chi connectivity index (χ3n) is 2.39. The Morgan fingerprint density at radius 2 is 2.31 bits per heavy atom. The number of hydrogen-bond acceptors (Lipinski definition) is 2. The highest BCUT2D eigenvalue weighted by Crippen LogP contribution is 2.26. The number of ether oxygens (including phenoxy) is 1. The molecular weight excluding hydrogens is 277 g/mol. The lowest BCUT2D eigenvalue weighted by atomic mass is 9.86. The van der Waals surface area contributed by atoms with E-state index in [2.05, 4.69) is 27.6 Å². The van der Waals surface area contributed by atoms with Gasteiger partial charge in [0.1, 0.15) is 0 Å². The van der Waals surface area contributed by atoms with Crippen LogP contribution in [0, 0.1) is 9.49 Å². The van der Waals surface area contributed by atoms with Crippen LogP contribution in [0.15, 0.2) is 18.3 Å². The van der Waals surface area contributed by atoms with Crippen LogP contribution in [0.1, 0.15) is 19.3 Å². The van der Waals surface area contributed by atoms with E-state index in [1.54, 1.807) is 0 Å². The minimum atomic E-state index is 0.757. The van der Waals surface area contributed by atoms with Crippen LogP contribution in [-0.4, -0.2) is 11.6 Å². The normalized spacial score (nSPS) is 16.7. The SMILES string of the molecule is Ic1ccc(OCC2CCC2)nc1. The molecule has 3 heteroatoms. The molecule has 1 aliphatic rings. The summed E-state index contributed by atoms with van der Waals surface area (Å²) in [6, 6.07) is 3.95. The molecule has 0 unspecified atom stereocenters. The van der Waals surface area contributed by atoms with E-state index >= 15 is 0 Å². The number of rotatable bonds is 3. The number of pyridine rings is 1. The van der Waals surface area contributed by atoms with E-state index in [1.807, 2.05) is 18.3 Å². The Labute approximate surface area is 91.8 Å². The van der Waals surface area contributed by atoms with Crippen molar-refractivity contribution < 1.29 is 4.74 Å². The fourth-order valence-corrected chi connectivity index (χ4v) is 1.63. The second-order valence-corrected chi connectivity index (χ2v) is 4.67. The lowest BCUT2D eigenvalue weighted by molar-refractivity contribution is 0.175. The van der Waals surface area contributed by atoms with Crippen molar-refractivity contribution in [3.63, 3.8) is 0 Å². The molecule has 0 aliphatic heterocycles. The van der Waals surface area contributed by atoms with E-state index in [9.17, 15) is 0 Å². The van der Waals surface area contributed by atoms with Crippen molar-refractivity contribution in [2.24, 2.45) is 5.92 Å². The summed E-state index contributed by atoms with van der Waals surface area (Å²) >= 11 is 2.24. The van der Waals surface area contributed by atoms with Crippen molar-refractivity contribution in [3.05, 3.63) is 21.9 Å². The largest absolute Gasteiger partial charge is 0.477 e. The molecule has 1 fully saturated rings. The summed E-state index contributed by atoms with van der Waals surface area (Å²) in [5.41, 5.74) is 0. The molecule has 1 saturated carbocycles. The number of hydrogen-bond donors (Lipinski definition) is 0. The van der Waals surface area contributed by atoms with Crippen molar-refractivity contribution >= 4 is 22.6 Å². The van der Waals surface area contributed by atoms with Gasteiger partial charge in [0.25, 0.3) is 0 Å². The van der Waals surface area contributed by atoms with Gasteiger partial charge in [-0.2, -0.15) is 0 Å². The third kappa shape index (κ3) is 2.56. The Hall–Kier alpha value is -0.320. The Morgan fingerprint density at radius 3 is 2.85 bits per heavy atom. The minimum Gasteiger partial charge on any atom is -0.477 e. The maximum atomic E-state index is 5.55. The summed E-state index contributed by atoms with van der Waals surface area (Å²) in [6.07, 6.45) is 5.85. The van der Waals surface area contributed by atoms with Crippen molar-refractivity contribution in [2.45, 2.75) is 19.3 Å². The van der Waals surface area contributed by atoms with Crippen LogP contribution in [0.5, 0.6) is 5.88 Å². The zero-order valence-electron chi connectivity index (χ0n) is 7.37. The molecule has 2 rings (SSSR count). The monoisotopic (exact) mass is 289 g/mol. The van der Waals surface area contributed by atoms with E-state index < -0.39 is 0 Å². The van der Waals surface area contributed by atoms with E-state index in [0.717, 1.165) is 22.0 Å². The second kappa shape index (κ2) is 4.26. The van der Waals surface area contributed by atoms with Crippen molar-refractivity contribution in [1.29, 1.82) is 0 Å².